The number of hydrogen-bond acceptors (Lipinski definition) is 6. The van der Waals surface area contributed by atoms with Crippen LogP contribution >= 0.6 is 22.7 Å². The molecule has 0 radical (unpaired) electrons. The van der Waals surface area contributed by atoms with Crippen LogP contribution in [0.1, 0.15) is 16.0 Å². The van der Waals surface area contributed by atoms with E-state index in [-0.39, 0.29) is 0 Å². The van der Waals surface area contributed by atoms with E-state index in [4.69, 9.17) is 4.99 Å². The Kier molecular flexibility index (Phi) is 4.78. The first-order valence-corrected chi connectivity index (χ1v) is 12.4. The molecule has 2 aromatic heterocycles. The van der Waals surface area contributed by atoms with E-state index in [1.54, 1.807) is 0 Å². The van der Waals surface area contributed by atoms with Crippen molar-refractivity contribution >= 4 is 55.0 Å². The van der Waals surface area contributed by atoms with Gasteiger partial charge in [0, 0.05) is 35.3 Å². The molecule has 1 fully saturated rings. The predicted molar refractivity (Wildman–Crippen MR) is 134 cm³/mol. The minimum absolute atomic E-state index is 0.407. The Balaban J connectivity index is 1.32. The average Bonchev–Trinajstić information content (AvgIpc) is 3.32. The smallest absolute Gasteiger partial charge is 0.139 e. The van der Waals surface area contributed by atoms with Gasteiger partial charge in [-0.1, -0.05) is 30.3 Å². The predicted octanol–water partition coefficient (Wildman–Crippen LogP) is 5.92. The molecular formula is C25H24N4S2. The van der Waals surface area contributed by atoms with E-state index < -0.39 is 0 Å². The highest BCUT2D eigenvalue weighted by Crippen LogP contribution is 2.39. The lowest BCUT2D eigenvalue weighted by Gasteiger charge is -2.35. The van der Waals surface area contributed by atoms with E-state index in [0.717, 1.165) is 43.3 Å². The summed E-state index contributed by atoms with van der Waals surface area (Å²) in [5, 5.41) is 12.3. The van der Waals surface area contributed by atoms with Gasteiger partial charge in [0.1, 0.15) is 10.8 Å². The summed E-state index contributed by atoms with van der Waals surface area (Å²) in [5.41, 5.74) is 4.76. The Labute approximate surface area is 190 Å². The summed E-state index contributed by atoms with van der Waals surface area (Å²) in [5.74, 6) is 1.10. The number of nitrogens with one attached hydrogen (secondary N) is 2. The molecular weight excluding hydrogens is 420 g/mol. The number of para-hydroxylation sites is 2. The van der Waals surface area contributed by atoms with Crippen molar-refractivity contribution in [3.63, 3.8) is 0 Å². The molecule has 6 heteroatoms. The molecule has 1 saturated heterocycles. The second-order valence-electron chi connectivity index (χ2n) is 8.24. The number of hydrogen-bond donors (Lipinski definition) is 2. The Bertz CT molecular complexity index is 1290. The Morgan fingerprint density at radius 1 is 1.13 bits per heavy atom. The Hall–Kier alpha value is -2.67. The largest absolute Gasteiger partial charge is 0.353 e. The molecule has 0 aliphatic carbocycles. The highest BCUT2D eigenvalue weighted by Gasteiger charge is 2.28. The molecule has 4 nitrogen and oxygen atoms in total. The van der Waals surface area contributed by atoms with Crippen LogP contribution in [0.25, 0.3) is 10.1 Å². The summed E-state index contributed by atoms with van der Waals surface area (Å²) in [6, 6.07) is 19.8. The van der Waals surface area contributed by atoms with Gasteiger partial charge in [-0.25, -0.2) is 4.99 Å². The minimum Gasteiger partial charge on any atom is -0.353 e. The second-order valence-corrected chi connectivity index (χ2v) is 10.4. The second kappa shape index (κ2) is 7.79. The van der Waals surface area contributed by atoms with Crippen molar-refractivity contribution in [2.75, 3.05) is 25.0 Å². The molecule has 0 amide bonds. The molecule has 1 unspecified atom stereocenters. The van der Waals surface area contributed by atoms with Gasteiger partial charge in [-0.3, -0.25) is 0 Å². The van der Waals surface area contributed by atoms with Crippen LogP contribution in [0.2, 0.25) is 0 Å². The maximum absolute atomic E-state index is 5.16. The first-order valence-electron chi connectivity index (χ1n) is 10.7. The number of nitrogens with zero attached hydrogens (tertiary/aromatic N) is 2. The number of aryl methyl sites for hydroxylation is 1. The quantitative estimate of drug-likeness (QED) is 0.403. The van der Waals surface area contributed by atoms with E-state index in [2.05, 4.69) is 82.4 Å². The van der Waals surface area contributed by atoms with Gasteiger partial charge >= 0.3 is 0 Å². The number of thiophene rings is 2. The van der Waals surface area contributed by atoms with Crippen LogP contribution in [-0.2, 0) is 6.42 Å². The molecule has 0 spiro atoms. The topological polar surface area (TPSA) is 39.7 Å². The first-order chi connectivity index (χ1) is 15.2. The van der Waals surface area contributed by atoms with Crippen LogP contribution in [0, 0.1) is 6.92 Å². The number of anilines is 2. The van der Waals surface area contributed by atoms with Gasteiger partial charge in [-0.15, -0.1) is 22.7 Å². The number of amidine groups is 1. The van der Waals surface area contributed by atoms with Gasteiger partial charge in [0.2, 0.25) is 0 Å². The summed E-state index contributed by atoms with van der Waals surface area (Å²) < 4.78 is 1.37. The zero-order chi connectivity index (χ0) is 20.8. The van der Waals surface area contributed by atoms with Crippen LogP contribution < -0.4 is 10.6 Å². The fourth-order valence-corrected chi connectivity index (χ4v) is 6.49. The van der Waals surface area contributed by atoms with Crippen LogP contribution in [0.3, 0.4) is 0 Å². The summed E-state index contributed by atoms with van der Waals surface area (Å²) in [4.78, 5) is 8.94. The molecule has 1 atom stereocenters. The SMILES string of the molecule is Cc1cc2c(s1)Nc1ccccc1N=C2N1CCNC(Cc2csc3ccccc23)C1. The van der Waals surface area contributed by atoms with Crippen molar-refractivity contribution in [2.24, 2.45) is 4.99 Å². The fraction of sp³-hybridized carbons (Fsp3) is 0.240. The van der Waals surface area contributed by atoms with Crippen molar-refractivity contribution in [1.29, 1.82) is 0 Å². The summed E-state index contributed by atoms with van der Waals surface area (Å²) >= 11 is 3.66. The van der Waals surface area contributed by atoms with Crippen LogP contribution in [-0.4, -0.2) is 36.4 Å². The van der Waals surface area contributed by atoms with Crippen LogP contribution in [0.5, 0.6) is 0 Å². The van der Waals surface area contributed by atoms with Gasteiger partial charge in [-0.05, 0) is 53.9 Å². The zero-order valence-corrected chi connectivity index (χ0v) is 19.0. The number of piperazine rings is 1. The summed E-state index contributed by atoms with van der Waals surface area (Å²) in [6.45, 7) is 5.07. The van der Waals surface area contributed by atoms with Gasteiger partial charge in [0.15, 0.2) is 0 Å². The van der Waals surface area contributed by atoms with Crippen molar-refractivity contribution in [1.82, 2.24) is 10.2 Å². The highest BCUT2D eigenvalue weighted by atomic mass is 32.1. The molecule has 6 rings (SSSR count). The van der Waals surface area contributed by atoms with E-state index in [1.807, 2.05) is 22.7 Å². The van der Waals surface area contributed by atoms with Crippen LogP contribution in [0.15, 0.2) is 65.0 Å². The lowest BCUT2D eigenvalue weighted by Crippen LogP contribution is -2.53. The molecule has 31 heavy (non-hydrogen) atoms. The van der Waals surface area contributed by atoms with Crippen molar-refractivity contribution < 1.29 is 0 Å². The Morgan fingerprint density at radius 2 is 2.00 bits per heavy atom. The molecule has 2 aromatic carbocycles. The van der Waals surface area contributed by atoms with Gasteiger partial charge in [0.25, 0.3) is 0 Å². The average molecular weight is 445 g/mol. The normalized spacial score (nSPS) is 18.2. The lowest BCUT2D eigenvalue weighted by atomic mass is 10.0. The van der Waals surface area contributed by atoms with Crippen molar-refractivity contribution in [3.05, 3.63) is 76.0 Å². The van der Waals surface area contributed by atoms with Gasteiger partial charge < -0.3 is 15.5 Å². The summed E-state index contributed by atoms with van der Waals surface area (Å²) in [6.07, 6.45) is 1.04. The molecule has 156 valence electrons. The third-order valence-electron chi connectivity index (χ3n) is 6.06. The van der Waals surface area contributed by atoms with Crippen molar-refractivity contribution in [2.45, 2.75) is 19.4 Å². The number of benzene rings is 2. The van der Waals surface area contributed by atoms with E-state index >= 15 is 0 Å². The molecule has 2 aliphatic rings. The first kappa shape index (κ1) is 19.0. The highest BCUT2D eigenvalue weighted by molar-refractivity contribution is 7.17. The summed E-state index contributed by atoms with van der Waals surface area (Å²) in [7, 11) is 0. The number of fused-ring (bicyclic) bond motifs is 3. The van der Waals surface area contributed by atoms with Crippen LogP contribution in [0.4, 0.5) is 16.4 Å². The third kappa shape index (κ3) is 3.55. The van der Waals surface area contributed by atoms with Gasteiger partial charge in [0.05, 0.1) is 16.9 Å². The monoisotopic (exact) mass is 444 g/mol. The number of aliphatic imine (C=N–C) groups is 1. The molecule has 0 saturated carbocycles. The molecule has 4 aromatic rings. The fourth-order valence-electron chi connectivity index (χ4n) is 4.60. The maximum atomic E-state index is 5.16. The third-order valence-corrected chi connectivity index (χ3v) is 8.04. The lowest BCUT2D eigenvalue weighted by molar-refractivity contribution is 0.291. The maximum Gasteiger partial charge on any atom is 0.139 e. The molecule has 2 aliphatic heterocycles. The molecule has 0 bridgehead atoms. The standard InChI is InChI=1S/C25H24N4S2/c1-16-12-20-24(27-21-7-3-4-8-22(21)28-25(20)31-16)29-11-10-26-18(14-29)13-17-15-30-23-9-5-2-6-19(17)23/h2-9,12,15,18,26,28H,10-11,13-14H2,1H3. The van der Waals surface area contributed by atoms with Crippen molar-refractivity contribution in [3.8, 4) is 0 Å². The zero-order valence-electron chi connectivity index (χ0n) is 17.4. The minimum atomic E-state index is 0.407. The molecule has 4 heterocycles. The van der Waals surface area contributed by atoms with E-state index in [9.17, 15) is 0 Å². The molecule has 2 N–H and O–H groups in total. The Morgan fingerprint density at radius 3 is 2.97 bits per heavy atom. The van der Waals surface area contributed by atoms with Gasteiger partial charge in [-0.2, -0.15) is 0 Å². The van der Waals surface area contributed by atoms with E-state index in [1.165, 1.54) is 31.1 Å². The van der Waals surface area contributed by atoms with E-state index in [0.29, 0.717) is 6.04 Å². The number of rotatable bonds is 2.